The Hall–Kier alpha value is -2.17. The van der Waals surface area contributed by atoms with Gasteiger partial charge in [-0.3, -0.25) is 0 Å². The summed E-state index contributed by atoms with van der Waals surface area (Å²) >= 11 is 0. The first-order chi connectivity index (χ1) is 9.70. The van der Waals surface area contributed by atoms with Crippen molar-refractivity contribution in [3.63, 3.8) is 0 Å². The van der Waals surface area contributed by atoms with Crippen LogP contribution in [0.1, 0.15) is 37.9 Å². The van der Waals surface area contributed by atoms with Crippen LogP contribution in [0.25, 0.3) is 11.3 Å². The van der Waals surface area contributed by atoms with Crippen LogP contribution in [0.15, 0.2) is 24.3 Å². The quantitative estimate of drug-likeness (QED) is 0.820. The van der Waals surface area contributed by atoms with Crippen LogP contribution in [-0.2, 0) is 0 Å². The van der Waals surface area contributed by atoms with E-state index in [2.05, 4.69) is 11.9 Å². The highest BCUT2D eigenvalue weighted by molar-refractivity contribution is 5.71. The van der Waals surface area contributed by atoms with Gasteiger partial charge in [-0.05, 0) is 43.5 Å². The van der Waals surface area contributed by atoms with Gasteiger partial charge >= 0.3 is 0 Å². The third kappa shape index (κ3) is 2.31. The highest BCUT2D eigenvalue weighted by Gasteiger charge is 2.30. The molecule has 106 valence electrons. The van der Waals surface area contributed by atoms with Gasteiger partial charge in [0, 0.05) is 11.5 Å². The summed E-state index contributed by atoms with van der Waals surface area (Å²) in [5.41, 5.74) is 7.79. The number of nitrogen functional groups attached to an aromatic ring is 2. The molecule has 0 aliphatic heterocycles. The maximum Gasteiger partial charge on any atom is 0.150 e. The van der Waals surface area contributed by atoms with Crippen molar-refractivity contribution in [1.29, 1.82) is 0 Å². The van der Waals surface area contributed by atoms with E-state index >= 15 is 0 Å². The minimum absolute atomic E-state index is 0.475. The van der Waals surface area contributed by atoms with E-state index < -0.39 is 0 Å². The number of nitrogens with zero attached hydrogens (tertiary/aromatic N) is 2. The van der Waals surface area contributed by atoms with Gasteiger partial charge in [-0.25, -0.2) is 9.66 Å². The normalized spacial score (nSPS) is 14.4. The molecule has 0 saturated heterocycles. The lowest BCUT2D eigenvalue weighted by atomic mass is 10.1. The van der Waals surface area contributed by atoms with Crippen molar-refractivity contribution in [3.8, 4) is 17.0 Å². The number of rotatable bonds is 5. The van der Waals surface area contributed by atoms with E-state index in [1.54, 1.807) is 0 Å². The number of anilines is 1. The molecule has 2 aromatic rings. The first-order valence-electron chi connectivity index (χ1n) is 7.07. The van der Waals surface area contributed by atoms with Crippen LogP contribution in [0.5, 0.6) is 5.75 Å². The zero-order chi connectivity index (χ0) is 14.1. The minimum atomic E-state index is 0.475. The third-order valence-corrected chi connectivity index (χ3v) is 3.52. The van der Waals surface area contributed by atoms with Crippen LogP contribution in [0.3, 0.4) is 0 Å². The smallest absolute Gasteiger partial charge is 0.150 e. The number of benzene rings is 1. The van der Waals surface area contributed by atoms with Gasteiger partial charge in [-0.15, -0.1) is 0 Å². The Morgan fingerprint density at radius 2 is 2.00 bits per heavy atom. The highest BCUT2D eigenvalue weighted by atomic mass is 16.5. The number of imidazole rings is 1. The Kier molecular flexibility index (Phi) is 3.26. The highest BCUT2D eigenvalue weighted by Crippen LogP contribution is 2.41. The SMILES string of the molecule is CCCOc1ccc(-c2nc(C3CC3)n(N)c2N)cc1. The van der Waals surface area contributed by atoms with Crippen LogP contribution in [0.4, 0.5) is 5.82 Å². The molecule has 0 unspecified atom stereocenters. The van der Waals surface area contributed by atoms with E-state index in [0.29, 0.717) is 11.7 Å². The van der Waals surface area contributed by atoms with Crippen molar-refractivity contribution in [1.82, 2.24) is 9.66 Å². The largest absolute Gasteiger partial charge is 0.494 e. The number of ether oxygens (including phenoxy) is 1. The van der Waals surface area contributed by atoms with Crippen molar-refractivity contribution in [2.45, 2.75) is 32.1 Å². The first kappa shape index (κ1) is 12.8. The Morgan fingerprint density at radius 3 is 2.60 bits per heavy atom. The van der Waals surface area contributed by atoms with Gasteiger partial charge in [0.25, 0.3) is 0 Å². The standard InChI is InChI=1S/C15H20N4O/c1-2-9-20-12-7-5-10(6-8-12)13-14(16)19(17)15(18-13)11-3-4-11/h5-8,11H,2-4,9,16-17H2,1H3. The van der Waals surface area contributed by atoms with Crippen LogP contribution < -0.4 is 16.3 Å². The molecule has 1 heterocycles. The predicted octanol–water partition coefficient (Wildman–Crippen LogP) is 2.51. The Balaban J connectivity index is 1.87. The lowest BCUT2D eigenvalue weighted by molar-refractivity contribution is 0.317. The molecule has 1 aliphatic rings. The molecule has 1 aromatic carbocycles. The summed E-state index contributed by atoms with van der Waals surface area (Å²) < 4.78 is 7.09. The molecule has 5 nitrogen and oxygen atoms in total. The van der Waals surface area contributed by atoms with Gasteiger partial charge in [0.05, 0.1) is 6.61 Å². The molecule has 0 atom stereocenters. The van der Waals surface area contributed by atoms with Gasteiger partial charge < -0.3 is 16.3 Å². The average Bonchev–Trinajstić information content (AvgIpc) is 3.26. The molecule has 5 heteroatoms. The maximum atomic E-state index is 6.06. The molecule has 1 aliphatic carbocycles. The summed E-state index contributed by atoms with van der Waals surface area (Å²) in [6, 6.07) is 7.83. The van der Waals surface area contributed by atoms with E-state index in [-0.39, 0.29) is 0 Å². The summed E-state index contributed by atoms with van der Waals surface area (Å²) in [5, 5.41) is 0. The van der Waals surface area contributed by atoms with Gasteiger partial charge in [0.2, 0.25) is 0 Å². The molecule has 0 bridgehead atoms. The second kappa shape index (κ2) is 5.07. The number of hydrogen-bond acceptors (Lipinski definition) is 4. The summed E-state index contributed by atoms with van der Waals surface area (Å²) in [4.78, 5) is 4.61. The van der Waals surface area contributed by atoms with Crippen LogP contribution >= 0.6 is 0 Å². The monoisotopic (exact) mass is 272 g/mol. The van der Waals surface area contributed by atoms with Crippen LogP contribution in [-0.4, -0.2) is 16.3 Å². The van der Waals surface area contributed by atoms with E-state index in [1.165, 1.54) is 4.68 Å². The lowest BCUT2D eigenvalue weighted by Crippen LogP contribution is -2.14. The molecule has 1 aromatic heterocycles. The fraction of sp³-hybridized carbons (Fsp3) is 0.400. The molecule has 1 saturated carbocycles. The molecule has 1 fully saturated rings. The Morgan fingerprint density at radius 1 is 1.30 bits per heavy atom. The summed E-state index contributed by atoms with van der Waals surface area (Å²) in [6.07, 6.45) is 3.30. The molecule has 0 radical (unpaired) electrons. The Bertz CT molecular complexity index is 599. The summed E-state index contributed by atoms with van der Waals surface area (Å²) in [7, 11) is 0. The van der Waals surface area contributed by atoms with E-state index in [1.807, 2.05) is 24.3 Å². The topological polar surface area (TPSA) is 79.1 Å². The fourth-order valence-electron chi connectivity index (χ4n) is 2.23. The van der Waals surface area contributed by atoms with Gasteiger partial charge in [-0.1, -0.05) is 6.92 Å². The summed E-state index contributed by atoms with van der Waals surface area (Å²) in [6.45, 7) is 2.81. The summed E-state index contributed by atoms with van der Waals surface area (Å²) in [5.74, 6) is 8.74. The second-order valence-corrected chi connectivity index (χ2v) is 5.22. The van der Waals surface area contributed by atoms with Crippen LogP contribution in [0.2, 0.25) is 0 Å². The van der Waals surface area contributed by atoms with Crippen molar-refractivity contribution < 1.29 is 4.74 Å². The van der Waals surface area contributed by atoms with Gasteiger partial charge in [0.15, 0.2) is 5.82 Å². The minimum Gasteiger partial charge on any atom is -0.494 e. The predicted molar refractivity (Wildman–Crippen MR) is 80.0 cm³/mol. The molecule has 0 amide bonds. The molecule has 0 spiro atoms. The molecule has 3 rings (SSSR count). The van der Waals surface area contributed by atoms with Crippen molar-refractivity contribution in [2.75, 3.05) is 18.2 Å². The van der Waals surface area contributed by atoms with Crippen molar-refractivity contribution >= 4 is 5.82 Å². The lowest BCUT2D eigenvalue weighted by Gasteiger charge is -2.05. The second-order valence-electron chi connectivity index (χ2n) is 5.22. The number of hydrogen-bond donors (Lipinski definition) is 2. The Labute approximate surface area is 118 Å². The maximum absolute atomic E-state index is 6.06. The molecular formula is C15H20N4O. The zero-order valence-corrected chi connectivity index (χ0v) is 11.7. The van der Waals surface area contributed by atoms with E-state index in [4.69, 9.17) is 16.3 Å². The van der Waals surface area contributed by atoms with Crippen LogP contribution in [0, 0.1) is 0 Å². The molecular weight excluding hydrogens is 252 g/mol. The number of nitrogens with two attached hydrogens (primary N) is 2. The average molecular weight is 272 g/mol. The zero-order valence-electron chi connectivity index (χ0n) is 11.7. The molecule has 4 N–H and O–H groups in total. The van der Waals surface area contributed by atoms with E-state index in [0.717, 1.165) is 48.7 Å². The van der Waals surface area contributed by atoms with Crippen molar-refractivity contribution in [2.24, 2.45) is 0 Å². The molecule has 20 heavy (non-hydrogen) atoms. The van der Waals surface area contributed by atoms with E-state index in [9.17, 15) is 0 Å². The fourth-order valence-corrected chi connectivity index (χ4v) is 2.23. The van der Waals surface area contributed by atoms with Gasteiger partial charge in [-0.2, -0.15) is 0 Å². The first-order valence-corrected chi connectivity index (χ1v) is 7.07. The third-order valence-electron chi connectivity index (χ3n) is 3.52. The van der Waals surface area contributed by atoms with Crippen molar-refractivity contribution in [3.05, 3.63) is 30.1 Å². The van der Waals surface area contributed by atoms with Gasteiger partial charge in [0.1, 0.15) is 17.3 Å². The number of aromatic nitrogens is 2.